The number of amides is 2. The van der Waals surface area contributed by atoms with E-state index in [-0.39, 0.29) is 21.4 Å². The number of esters is 1. The molecule has 2 aliphatic heterocycles. The molecule has 0 aromatic heterocycles. The predicted octanol–water partition coefficient (Wildman–Crippen LogP) is -0.433. The highest BCUT2D eigenvalue weighted by Crippen LogP contribution is 2.48. The zero-order valence-corrected chi connectivity index (χ0v) is 19.9. The van der Waals surface area contributed by atoms with Crippen LogP contribution in [-0.2, 0) is 39.0 Å². The topological polar surface area (TPSA) is 170 Å². The van der Waals surface area contributed by atoms with E-state index in [1.807, 2.05) is 0 Å². The van der Waals surface area contributed by atoms with Crippen LogP contribution in [0.5, 0.6) is 0 Å². The average molecular weight is 496 g/mol. The number of nitrogens with two attached hydrogens (primary N) is 1. The summed E-state index contributed by atoms with van der Waals surface area (Å²) in [5.74, 6) is -1.91. The number of likely N-dealkylation sites (N-methyl/N-ethyl adjacent to an activating group) is 1. The van der Waals surface area contributed by atoms with Crippen LogP contribution in [0, 0.1) is 0 Å². The van der Waals surface area contributed by atoms with E-state index in [1.165, 1.54) is 24.8 Å². The van der Waals surface area contributed by atoms with Crippen molar-refractivity contribution in [1.29, 1.82) is 0 Å². The molecule has 0 bridgehead atoms. The van der Waals surface area contributed by atoms with E-state index in [4.69, 9.17) is 9.88 Å². The summed E-state index contributed by atoms with van der Waals surface area (Å²) in [6.07, 6.45) is 0.302. The highest BCUT2D eigenvalue weighted by molar-refractivity contribution is 8.27. The minimum Gasteiger partial charge on any atom is -0.453 e. The van der Waals surface area contributed by atoms with Crippen LogP contribution in [0.25, 0.3) is 0 Å². The molecule has 2 aliphatic rings. The van der Waals surface area contributed by atoms with E-state index in [0.717, 1.165) is 6.92 Å². The van der Waals surface area contributed by atoms with Gasteiger partial charge in [0.2, 0.25) is 15.9 Å². The van der Waals surface area contributed by atoms with Gasteiger partial charge in [-0.25, -0.2) is 22.0 Å². The van der Waals surface area contributed by atoms with Crippen molar-refractivity contribution in [2.24, 2.45) is 5.14 Å². The fraction of sp³-hybridized carbons (Fsp3) is 0.588. The lowest BCUT2D eigenvalue weighted by Crippen LogP contribution is -2.48. The molecule has 174 valence electrons. The summed E-state index contributed by atoms with van der Waals surface area (Å²) in [6, 6.07) is -0.940. The Kier molecular flexibility index (Phi) is 7.61. The first-order valence-corrected chi connectivity index (χ1v) is 13.2. The summed E-state index contributed by atoms with van der Waals surface area (Å²) in [4.78, 5) is 37.1. The number of thioether (sulfide) groups is 1. The van der Waals surface area contributed by atoms with Crippen molar-refractivity contribution in [2.75, 3.05) is 13.1 Å². The lowest BCUT2D eigenvalue weighted by atomic mass is 10.0. The number of nitrogens with one attached hydrogen (secondary N) is 1. The van der Waals surface area contributed by atoms with Gasteiger partial charge in [-0.2, -0.15) is 0 Å². The van der Waals surface area contributed by atoms with E-state index in [9.17, 15) is 31.2 Å². The third kappa shape index (κ3) is 5.48. The summed E-state index contributed by atoms with van der Waals surface area (Å²) in [5.41, 5.74) is 0.416. The van der Waals surface area contributed by atoms with Crippen LogP contribution in [0.2, 0.25) is 0 Å². The fourth-order valence-corrected chi connectivity index (χ4v) is 7.72. The smallest absolute Gasteiger partial charge is 0.303 e. The largest absolute Gasteiger partial charge is 0.453 e. The Labute approximate surface area is 185 Å². The Morgan fingerprint density at radius 2 is 2.00 bits per heavy atom. The number of sulfone groups is 1. The quantitative estimate of drug-likeness (QED) is 0.445. The second-order valence-electron chi connectivity index (χ2n) is 7.10. The molecule has 3 atom stereocenters. The van der Waals surface area contributed by atoms with Crippen molar-refractivity contribution in [1.82, 2.24) is 10.2 Å². The van der Waals surface area contributed by atoms with Crippen molar-refractivity contribution >= 4 is 49.4 Å². The number of hydrogen-bond acceptors (Lipinski definition) is 9. The zero-order valence-electron chi connectivity index (χ0n) is 17.4. The van der Waals surface area contributed by atoms with E-state index in [2.05, 4.69) is 5.32 Å². The van der Waals surface area contributed by atoms with E-state index in [1.54, 1.807) is 6.92 Å². The van der Waals surface area contributed by atoms with Gasteiger partial charge in [0.1, 0.15) is 8.47 Å². The van der Waals surface area contributed by atoms with Crippen molar-refractivity contribution in [2.45, 2.75) is 51.5 Å². The number of ether oxygens (including phenoxy) is 1. The first-order chi connectivity index (χ1) is 14.2. The minimum absolute atomic E-state index is 0.102. The van der Waals surface area contributed by atoms with E-state index >= 15 is 0 Å². The summed E-state index contributed by atoms with van der Waals surface area (Å²) in [7, 11) is -7.95. The number of nitrogens with zero attached hydrogens (tertiary/aromatic N) is 1. The van der Waals surface area contributed by atoms with Gasteiger partial charge in [-0.1, -0.05) is 11.8 Å². The van der Waals surface area contributed by atoms with Crippen molar-refractivity contribution < 1.29 is 36.0 Å². The number of carbonyl (C=O) groups excluding carboxylic acids is 3. The summed E-state index contributed by atoms with van der Waals surface area (Å²) >= 11 is 0.575. The first kappa shape index (κ1) is 25.4. The van der Waals surface area contributed by atoms with Gasteiger partial charge in [-0.3, -0.25) is 14.4 Å². The molecule has 11 nitrogen and oxygen atoms in total. The summed E-state index contributed by atoms with van der Waals surface area (Å²) < 4.78 is 53.5. The number of carbonyl (C=O) groups is 3. The highest BCUT2D eigenvalue weighted by atomic mass is 32.3. The van der Waals surface area contributed by atoms with Gasteiger partial charge in [-0.15, -0.1) is 0 Å². The highest BCUT2D eigenvalue weighted by Gasteiger charge is 2.45. The Hall–Kier alpha value is -1.90. The molecule has 2 heterocycles. The molecule has 14 heteroatoms. The molecule has 0 radical (unpaired) electrons. The van der Waals surface area contributed by atoms with Gasteiger partial charge in [0.25, 0.3) is 5.91 Å². The van der Waals surface area contributed by atoms with Gasteiger partial charge in [-0.05, 0) is 38.8 Å². The Morgan fingerprint density at radius 3 is 2.52 bits per heavy atom. The minimum atomic E-state index is -4.21. The molecule has 3 N–H and O–H groups in total. The summed E-state index contributed by atoms with van der Waals surface area (Å²) in [6.45, 7) is 5.30. The number of rotatable bonds is 7. The van der Waals surface area contributed by atoms with Gasteiger partial charge in [0.05, 0.1) is 17.8 Å². The van der Waals surface area contributed by atoms with Gasteiger partial charge in [0.15, 0.2) is 15.9 Å². The van der Waals surface area contributed by atoms with E-state index in [0.29, 0.717) is 17.3 Å². The average Bonchev–Trinajstić information content (AvgIpc) is 2.88. The third-order valence-corrected chi connectivity index (χ3v) is 10.2. The van der Waals surface area contributed by atoms with Crippen LogP contribution in [0.15, 0.2) is 20.1 Å². The molecule has 0 fully saturated rings. The number of sulfonamides is 1. The SMILES string of the molecule is CCN(C(=O)CNC(=O)[C@H](C)OC(C)=O)[C@H]1C=C(S(N)(=O)=O)SC2=C1C[C@H](C)S2(=O)=O. The maximum Gasteiger partial charge on any atom is 0.303 e. The molecule has 0 aromatic rings. The molecule has 0 saturated heterocycles. The summed E-state index contributed by atoms with van der Waals surface area (Å²) in [5, 5.41) is 6.82. The Morgan fingerprint density at radius 1 is 1.39 bits per heavy atom. The fourth-order valence-electron chi connectivity index (χ4n) is 3.26. The molecule has 0 aromatic carbocycles. The molecule has 0 spiro atoms. The van der Waals surface area contributed by atoms with Crippen LogP contribution < -0.4 is 10.5 Å². The van der Waals surface area contributed by atoms with Crippen LogP contribution in [0.3, 0.4) is 0 Å². The number of hydrogen-bond donors (Lipinski definition) is 2. The van der Waals surface area contributed by atoms with Crippen LogP contribution in [-0.4, -0.2) is 70.0 Å². The molecular weight excluding hydrogens is 470 g/mol. The first-order valence-electron chi connectivity index (χ1n) is 9.33. The standard InChI is InChI=1S/C17H25N3O8S3/c1-5-20(14(22)8-19-16(23)10(3)28-11(4)21)13-7-15(31(18,26)27)29-17-12(13)6-9(2)30(17,24)25/h7,9-10,13H,5-6,8H2,1-4H3,(H,19,23)(H2,18,26,27)/t9-,10-,13-/m0/s1. The molecule has 0 aliphatic carbocycles. The lowest BCUT2D eigenvalue weighted by Gasteiger charge is -2.33. The zero-order chi connectivity index (χ0) is 23.7. The normalized spacial score (nSPS) is 23.5. The monoisotopic (exact) mass is 495 g/mol. The molecule has 2 amide bonds. The molecular formula is C17H25N3O8S3. The lowest BCUT2D eigenvalue weighted by molar-refractivity contribution is -0.152. The maximum absolute atomic E-state index is 12.8. The molecule has 0 saturated carbocycles. The van der Waals surface area contributed by atoms with Crippen molar-refractivity contribution in [3.8, 4) is 0 Å². The van der Waals surface area contributed by atoms with Crippen LogP contribution >= 0.6 is 11.8 Å². The van der Waals surface area contributed by atoms with Crippen LogP contribution in [0.4, 0.5) is 0 Å². The second-order valence-corrected chi connectivity index (χ2v) is 12.5. The molecule has 0 unspecified atom stereocenters. The maximum atomic E-state index is 12.8. The predicted molar refractivity (Wildman–Crippen MR) is 114 cm³/mol. The molecule has 31 heavy (non-hydrogen) atoms. The molecule has 2 rings (SSSR count). The van der Waals surface area contributed by atoms with Gasteiger partial charge in [0, 0.05) is 13.5 Å². The van der Waals surface area contributed by atoms with Crippen molar-refractivity contribution in [3.63, 3.8) is 0 Å². The Balaban J connectivity index is 2.31. The number of primary sulfonamides is 1. The van der Waals surface area contributed by atoms with E-state index < -0.39 is 61.6 Å². The Bertz CT molecular complexity index is 1060. The van der Waals surface area contributed by atoms with Gasteiger partial charge < -0.3 is 15.0 Å². The van der Waals surface area contributed by atoms with Crippen molar-refractivity contribution in [3.05, 3.63) is 20.1 Å². The third-order valence-electron chi connectivity index (χ3n) is 4.80. The second kappa shape index (κ2) is 9.30. The van der Waals surface area contributed by atoms with Crippen LogP contribution in [0.1, 0.15) is 34.1 Å². The van der Waals surface area contributed by atoms with Gasteiger partial charge >= 0.3 is 5.97 Å².